The molecule has 8 heteroatoms. The second-order valence-electron chi connectivity index (χ2n) is 9.82. The lowest BCUT2D eigenvalue weighted by Gasteiger charge is -2.43. The molecule has 2 aromatic rings. The average Bonchev–Trinajstić information content (AvgIpc) is 3.20. The minimum atomic E-state index is -0.232. The molecule has 3 aliphatic rings. The van der Waals surface area contributed by atoms with Gasteiger partial charge in [-0.05, 0) is 67.9 Å². The van der Waals surface area contributed by atoms with E-state index in [-0.39, 0.29) is 22.3 Å². The molecule has 1 heterocycles. The Morgan fingerprint density at radius 2 is 1.72 bits per heavy atom. The van der Waals surface area contributed by atoms with Gasteiger partial charge < -0.3 is 16.0 Å². The van der Waals surface area contributed by atoms with Gasteiger partial charge in [-0.3, -0.25) is 9.59 Å². The number of rotatable bonds is 5. The molecule has 5 rings (SSSR count). The standard InChI is InChI=1S/C14H17ClFN.C7H6ClNO.C7H13NO/c1-9-11(8-17-14(9)6-3-7-14)10-4-2-5-12(15)13(10)16;8-6-2-1-3-7(4-6)9-5-10;9-6-8-7-4-2-1-3-5-7/h2,4-5,9,11,17H,3,6-8H2,1H3;1-5H,(H,9,10);6-7H,1-5H2,(H,8,9). The maximum atomic E-state index is 14.0. The van der Waals surface area contributed by atoms with Crippen molar-refractivity contribution in [2.75, 3.05) is 11.9 Å². The summed E-state index contributed by atoms with van der Waals surface area (Å²) in [6.07, 6.45) is 11.5. The van der Waals surface area contributed by atoms with Gasteiger partial charge in [-0.2, -0.15) is 0 Å². The molecule has 0 radical (unpaired) electrons. The van der Waals surface area contributed by atoms with Gasteiger partial charge in [0.2, 0.25) is 12.8 Å². The molecule has 3 N–H and O–H groups in total. The number of halogens is 3. The van der Waals surface area contributed by atoms with Crippen LogP contribution in [-0.2, 0) is 9.59 Å². The molecule has 2 unspecified atom stereocenters. The van der Waals surface area contributed by atoms with Crippen LogP contribution in [-0.4, -0.2) is 30.9 Å². The van der Waals surface area contributed by atoms with Crippen molar-refractivity contribution in [3.63, 3.8) is 0 Å². The molecule has 2 aromatic carbocycles. The first-order valence-corrected chi connectivity index (χ1v) is 13.5. The van der Waals surface area contributed by atoms with Crippen LogP contribution in [0.4, 0.5) is 10.1 Å². The van der Waals surface area contributed by atoms with Gasteiger partial charge >= 0.3 is 0 Å². The number of carbonyl (C=O) groups excluding carboxylic acids is 2. The summed E-state index contributed by atoms with van der Waals surface area (Å²) < 4.78 is 14.0. The van der Waals surface area contributed by atoms with Crippen molar-refractivity contribution in [3.05, 3.63) is 63.9 Å². The molecule has 2 saturated carbocycles. The largest absolute Gasteiger partial charge is 0.356 e. The first kappa shape index (κ1) is 28.4. The smallest absolute Gasteiger partial charge is 0.211 e. The minimum Gasteiger partial charge on any atom is -0.356 e. The van der Waals surface area contributed by atoms with Crippen LogP contribution in [0.15, 0.2) is 42.5 Å². The van der Waals surface area contributed by atoms with Gasteiger partial charge in [0.05, 0.1) is 5.02 Å². The van der Waals surface area contributed by atoms with Crippen LogP contribution in [0.5, 0.6) is 0 Å². The highest BCUT2D eigenvalue weighted by Gasteiger charge is 2.50. The van der Waals surface area contributed by atoms with Crippen molar-refractivity contribution in [2.45, 2.75) is 75.8 Å². The molecular weight excluding hydrogens is 500 g/mol. The summed E-state index contributed by atoms with van der Waals surface area (Å²) in [6, 6.07) is 12.8. The lowest BCUT2D eigenvalue weighted by atomic mass is 9.67. The second-order valence-corrected chi connectivity index (χ2v) is 10.7. The highest BCUT2D eigenvalue weighted by atomic mass is 35.5. The van der Waals surface area contributed by atoms with E-state index in [1.54, 1.807) is 30.3 Å². The third-order valence-electron chi connectivity index (χ3n) is 7.74. The number of hydrogen-bond donors (Lipinski definition) is 3. The van der Waals surface area contributed by atoms with Crippen molar-refractivity contribution in [3.8, 4) is 0 Å². The Hall–Kier alpha value is -2.15. The number of anilines is 1. The maximum Gasteiger partial charge on any atom is 0.211 e. The molecule has 0 bridgehead atoms. The monoisotopic (exact) mass is 535 g/mol. The van der Waals surface area contributed by atoms with Gasteiger partial charge in [0.1, 0.15) is 5.82 Å². The van der Waals surface area contributed by atoms with Crippen molar-refractivity contribution in [2.24, 2.45) is 5.92 Å². The molecule has 0 aromatic heterocycles. The van der Waals surface area contributed by atoms with Gasteiger partial charge in [0.15, 0.2) is 0 Å². The fourth-order valence-electron chi connectivity index (χ4n) is 5.42. The van der Waals surface area contributed by atoms with E-state index in [0.717, 1.165) is 18.5 Å². The van der Waals surface area contributed by atoms with Crippen molar-refractivity contribution < 1.29 is 14.0 Å². The molecule has 2 atom stereocenters. The maximum absolute atomic E-state index is 14.0. The molecule has 2 aliphatic carbocycles. The van der Waals surface area contributed by atoms with Gasteiger partial charge in [-0.1, -0.05) is 67.6 Å². The molecule has 36 heavy (non-hydrogen) atoms. The van der Waals surface area contributed by atoms with E-state index in [2.05, 4.69) is 22.9 Å². The fraction of sp³-hybridized carbons (Fsp3) is 0.500. The molecule has 1 aliphatic heterocycles. The zero-order valence-electron chi connectivity index (χ0n) is 20.7. The summed E-state index contributed by atoms with van der Waals surface area (Å²) in [4.78, 5) is 19.9. The zero-order valence-corrected chi connectivity index (χ0v) is 22.3. The summed E-state index contributed by atoms with van der Waals surface area (Å²) in [7, 11) is 0. The first-order chi connectivity index (χ1) is 17.4. The van der Waals surface area contributed by atoms with E-state index in [9.17, 15) is 14.0 Å². The van der Waals surface area contributed by atoms with Crippen molar-refractivity contribution in [1.82, 2.24) is 10.6 Å². The topological polar surface area (TPSA) is 70.2 Å². The van der Waals surface area contributed by atoms with E-state index in [1.807, 2.05) is 12.1 Å². The third kappa shape index (κ3) is 7.44. The molecule has 196 valence electrons. The van der Waals surface area contributed by atoms with Crippen LogP contribution < -0.4 is 16.0 Å². The van der Waals surface area contributed by atoms with Gasteiger partial charge in [-0.25, -0.2) is 4.39 Å². The van der Waals surface area contributed by atoms with E-state index in [0.29, 0.717) is 29.1 Å². The number of amides is 2. The Morgan fingerprint density at radius 3 is 2.31 bits per heavy atom. The summed E-state index contributed by atoms with van der Waals surface area (Å²) in [5.74, 6) is 0.516. The van der Waals surface area contributed by atoms with Crippen LogP contribution >= 0.6 is 23.2 Å². The van der Waals surface area contributed by atoms with Crippen LogP contribution in [0.3, 0.4) is 0 Å². The highest BCUT2D eigenvalue weighted by Crippen LogP contribution is 2.49. The number of benzene rings is 2. The molecule has 1 spiro atoms. The van der Waals surface area contributed by atoms with Crippen molar-refractivity contribution in [1.29, 1.82) is 0 Å². The third-order valence-corrected chi connectivity index (χ3v) is 8.26. The molecule has 2 amide bonds. The van der Waals surface area contributed by atoms with E-state index >= 15 is 0 Å². The predicted molar refractivity (Wildman–Crippen MR) is 145 cm³/mol. The highest BCUT2D eigenvalue weighted by molar-refractivity contribution is 6.31. The summed E-state index contributed by atoms with van der Waals surface area (Å²) in [5, 5.41) is 9.75. The molecule has 5 nitrogen and oxygen atoms in total. The van der Waals surface area contributed by atoms with E-state index in [4.69, 9.17) is 23.2 Å². The molecule has 1 saturated heterocycles. The average molecular weight is 537 g/mol. The summed E-state index contributed by atoms with van der Waals surface area (Å²) >= 11 is 11.5. The van der Waals surface area contributed by atoms with Crippen LogP contribution in [0.1, 0.15) is 69.8 Å². The minimum absolute atomic E-state index is 0.232. The number of carbonyl (C=O) groups is 2. The Bertz CT molecular complexity index is 997. The SMILES string of the molecule is CC1C(c2cccc(Cl)c2F)CNC12CCC2.O=CNC1CCCCC1.O=CNc1cccc(Cl)c1. The first-order valence-electron chi connectivity index (χ1n) is 12.7. The lowest BCUT2D eigenvalue weighted by Crippen LogP contribution is -2.50. The van der Waals surface area contributed by atoms with Crippen LogP contribution in [0.2, 0.25) is 10.0 Å². The quantitative estimate of drug-likeness (QED) is 0.373. The molecular formula is C28H36Cl2FN3O2. The Balaban J connectivity index is 0.000000163. The predicted octanol–water partition coefficient (Wildman–Crippen LogP) is 6.70. The van der Waals surface area contributed by atoms with E-state index in [1.165, 1.54) is 51.4 Å². The Labute approximate surface area is 223 Å². The lowest BCUT2D eigenvalue weighted by molar-refractivity contribution is -0.110. The van der Waals surface area contributed by atoms with Gasteiger partial charge in [0.25, 0.3) is 0 Å². The van der Waals surface area contributed by atoms with E-state index < -0.39 is 0 Å². The van der Waals surface area contributed by atoms with Crippen molar-refractivity contribution >= 4 is 41.7 Å². The number of nitrogens with one attached hydrogen (secondary N) is 3. The summed E-state index contributed by atoms with van der Waals surface area (Å²) in [6.45, 7) is 3.11. The Morgan fingerprint density at radius 1 is 1.00 bits per heavy atom. The number of hydrogen-bond acceptors (Lipinski definition) is 3. The van der Waals surface area contributed by atoms with Crippen LogP contribution in [0, 0.1) is 11.7 Å². The summed E-state index contributed by atoms with van der Waals surface area (Å²) in [5.41, 5.74) is 1.77. The van der Waals surface area contributed by atoms with Crippen LogP contribution in [0.25, 0.3) is 0 Å². The second kappa shape index (κ2) is 14.0. The normalized spacial score (nSPS) is 22.2. The molecule has 3 fully saturated rings. The van der Waals surface area contributed by atoms with Gasteiger partial charge in [-0.15, -0.1) is 0 Å². The Kier molecular flexibility index (Phi) is 11.0. The van der Waals surface area contributed by atoms with Gasteiger partial charge in [0, 0.05) is 34.8 Å². The fourth-order valence-corrected chi connectivity index (χ4v) is 5.80. The zero-order chi connectivity index (χ0) is 26.0.